The Morgan fingerprint density at radius 2 is 2.15 bits per heavy atom. The lowest BCUT2D eigenvalue weighted by Gasteiger charge is -2.21. The topological polar surface area (TPSA) is 12.0 Å². The van der Waals surface area contributed by atoms with Gasteiger partial charge in [-0.3, -0.25) is 0 Å². The van der Waals surface area contributed by atoms with Crippen molar-refractivity contribution in [3.05, 3.63) is 35.1 Å². The fraction of sp³-hybridized carbons (Fsp3) is 0.400. The van der Waals surface area contributed by atoms with Crippen molar-refractivity contribution in [1.82, 2.24) is 5.32 Å². The van der Waals surface area contributed by atoms with Crippen molar-refractivity contribution in [2.45, 2.75) is 19.3 Å². The number of halogens is 2. The zero-order chi connectivity index (χ0) is 9.26. The van der Waals surface area contributed by atoms with E-state index in [1.54, 1.807) is 6.08 Å². The van der Waals surface area contributed by atoms with Gasteiger partial charge in [-0.2, -0.15) is 0 Å². The van der Waals surface area contributed by atoms with Crippen LogP contribution in [0.1, 0.15) is 12.8 Å². The molecule has 0 saturated carbocycles. The summed E-state index contributed by atoms with van der Waals surface area (Å²) in [4.78, 5) is 0. The van der Waals surface area contributed by atoms with E-state index in [1.165, 1.54) is 0 Å². The summed E-state index contributed by atoms with van der Waals surface area (Å²) >= 11 is 0. The summed E-state index contributed by atoms with van der Waals surface area (Å²) in [6, 6.07) is 0. The van der Waals surface area contributed by atoms with Gasteiger partial charge < -0.3 is 5.32 Å². The first-order valence-electron chi connectivity index (χ1n) is 4.39. The van der Waals surface area contributed by atoms with Crippen LogP contribution in [0.2, 0.25) is 0 Å². The molecular formula is C10H11F2N. The Balaban J connectivity index is 2.26. The Hall–Kier alpha value is -1.12. The highest BCUT2D eigenvalue weighted by atomic mass is 19.3. The van der Waals surface area contributed by atoms with Crippen molar-refractivity contribution in [2.24, 2.45) is 0 Å². The third-order valence-electron chi connectivity index (χ3n) is 2.37. The number of dihydropyridines is 1. The highest BCUT2D eigenvalue weighted by Crippen LogP contribution is 2.28. The third kappa shape index (κ3) is 1.64. The quantitative estimate of drug-likeness (QED) is 0.658. The number of allylic oxidation sites excluding steroid dienone is 4. The van der Waals surface area contributed by atoms with Gasteiger partial charge >= 0.3 is 0 Å². The molecule has 1 nitrogen and oxygen atoms in total. The molecule has 2 aliphatic rings. The normalized spacial score (nSPS) is 21.3. The predicted molar refractivity (Wildman–Crippen MR) is 47.5 cm³/mol. The molecule has 0 atom stereocenters. The Labute approximate surface area is 75.8 Å². The molecule has 0 radical (unpaired) electrons. The second kappa shape index (κ2) is 3.32. The third-order valence-corrected chi connectivity index (χ3v) is 2.37. The van der Waals surface area contributed by atoms with E-state index in [-0.39, 0.29) is 5.57 Å². The number of rotatable bonds is 1. The molecule has 0 fully saturated rings. The van der Waals surface area contributed by atoms with Crippen LogP contribution < -0.4 is 5.32 Å². The van der Waals surface area contributed by atoms with E-state index >= 15 is 0 Å². The van der Waals surface area contributed by atoms with Crippen molar-refractivity contribution < 1.29 is 8.78 Å². The van der Waals surface area contributed by atoms with Crippen LogP contribution in [-0.2, 0) is 0 Å². The molecule has 1 heterocycles. The summed E-state index contributed by atoms with van der Waals surface area (Å²) in [6.45, 7) is 0.742. The average molecular weight is 183 g/mol. The maximum Gasteiger partial charge on any atom is 0.260 e. The molecule has 1 N–H and O–H groups in total. The van der Waals surface area contributed by atoms with Gasteiger partial charge in [0.25, 0.3) is 6.43 Å². The van der Waals surface area contributed by atoms with Crippen molar-refractivity contribution in [1.29, 1.82) is 0 Å². The first-order valence-corrected chi connectivity index (χ1v) is 4.39. The van der Waals surface area contributed by atoms with E-state index < -0.39 is 6.43 Å². The molecule has 0 amide bonds. The molecule has 0 aromatic rings. The van der Waals surface area contributed by atoms with Crippen molar-refractivity contribution in [3.8, 4) is 0 Å². The molecule has 70 valence electrons. The second-order valence-corrected chi connectivity index (χ2v) is 3.24. The van der Waals surface area contributed by atoms with Crippen LogP contribution >= 0.6 is 0 Å². The Kier molecular flexibility index (Phi) is 2.17. The van der Waals surface area contributed by atoms with E-state index in [1.807, 2.05) is 12.2 Å². The van der Waals surface area contributed by atoms with Gasteiger partial charge in [0, 0.05) is 12.2 Å². The number of alkyl halides is 2. The van der Waals surface area contributed by atoms with Gasteiger partial charge in [-0.25, -0.2) is 8.78 Å². The number of nitrogens with one attached hydrogen (secondary N) is 1. The summed E-state index contributed by atoms with van der Waals surface area (Å²) < 4.78 is 24.7. The van der Waals surface area contributed by atoms with Crippen molar-refractivity contribution >= 4 is 0 Å². The summed E-state index contributed by atoms with van der Waals surface area (Å²) in [7, 11) is 0. The molecule has 0 unspecified atom stereocenters. The fourth-order valence-electron chi connectivity index (χ4n) is 1.64. The van der Waals surface area contributed by atoms with Crippen LogP contribution in [0.25, 0.3) is 0 Å². The van der Waals surface area contributed by atoms with E-state index in [9.17, 15) is 8.78 Å². The standard InChI is InChI=1S/C10H11F2N/c11-10(12)8-4-3-7-2-1-5-13-9(7)6-8/h1-2,6,10,13H,3-5H2. The van der Waals surface area contributed by atoms with Crippen LogP contribution in [-0.4, -0.2) is 13.0 Å². The van der Waals surface area contributed by atoms with Gasteiger partial charge in [-0.1, -0.05) is 12.2 Å². The van der Waals surface area contributed by atoms with Crippen LogP contribution in [0.15, 0.2) is 35.1 Å². The second-order valence-electron chi connectivity index (χ2n) is 3.24. The number of hydrogen-bond acceptors (Lipinski definition) is 1. The zero-order valence-corrected chi connectivity index (χ0v) is 7.19. The molecule has 1 aliphatic carbocycles. The van der Waals surface area contributed by atoms with Crippen molar-refractivity contribution in [3.63, 3.8) is 0 Å². The zero-order valence-electron chi connectivity index (χ0n) is 7.19. The van der Waals surface area contributed by atoms with Gasteiger partial charge in [-0.05, 0) is 30.1 Å². The predicted octanol–water partition coefficient (Wildman–Crippen LogP) is 2.39. The lowest BCUT2D eigenvalue weighted by molar-refractivity contribution is 0.184. The minimum absolute atomic E-state index is 0.251. The molecule has 0 spiro atoms. The molecular weight excluding hydrogens is 172 g/mol. The summed E-state index contributed by atoms with van der Waals surface area (Å²) in [5.74, 6) is 0. The van der Waals surface area contributed by atoms with E-state index in [2.05, 4.69) is 5.32 Å². The van der Waals surface area contributed by atoms with E-state index in [0.717, 1.165) is 24.2 Å². The molecule has 0 aromatic heterocycles. The van der Waals surface area contributed by atoms with Crippen LogP contribution in [0, 0.1) is 0 Å². The minimum atomic E-state index is -2.30. The highest BCUT2D eigenvalue weighted by Gasteiger charge is 2.18. The lowest BCUT2D eigenvalue weighted by Crippen LogP contribution is -2.20. The molecule has 0 saturated heterocycles. The van der Waals surface area contributed by atoms with Crippen LogP contribution in [0.4, 0.5) is 8.78 Å². The smallest absolute Gasteiger partial charge is 0.260 e. The first kappa shape index (κ1) is 8.48. The number of hydrogen-bond donors (Lipinski definition) is 1. The Bertz CT molecular complexity index is 300. The molecule has 1 aliphatic heterocycles. The Morgan fingerprint density at radius 1 is 1.31 bits per heavy atom. The maximum absolute atomic E-state index is 12.3. The van der Waals surface area contributed by atoms with Gasteiger partial charge in [0.05, 0.1) is 0 Å². The highest BCUT2D eigenvalue weighted by molar-refractivity contribution is 5.41. The Morgan fingerprint density at radius 3 is 2.92 bits per heavy atom. The molecule has 0 bridgehead atoms. The average Bonchev–Trinajstić information content (AvgIpc) is 2.17. The monoisotopic (exact) mass is 183 g/mol. The lowest BCUT2D eigenvalue weighted by atomic mass is 9.94. The first-order chi connectivity index (χ1) is 6.27. The van der Waals surface area contributed by atoms with Gasteiger partial charge in [0.15, 0.2) is 0 Å². The SMILES string of the molecule is FC(F)C1=CC2=C(C=CCN2)CC1. The molecule has 13 heavy (non-hydrogen) atoms. The van der Waals surface area contributed by atoms with Gasteiger partial charge in [0.2, 0.25) is 0 Å². The molecule has 3 heteroatoms. The minimum Gasteiger partial charge on any atom is -0.381 e. The maximum atomic E-state index is 12.3. The van der Waals surface area contributed by atoms with E-state index in [0.29, 0.717) is 6.42 Å². The summed E-state index contributed by atoms with van der Waals surface area (Å²) in [5.41, 5.74) is 2.28. The van der Waals surface area contributed by atoms with Gasteiger partial charge in [0.1, 0.15) is 0 Å². The fourth-order valence-corrected chi connectivity index (χ4v) is 1.64. The summed E-state index contributed by atoms with van der Waals surface area (Å²) in [6.07, 6.45) is 4.54. The van der Waals surface area contributed by atoms with Crippen molar-refractivity contribution in [2.75, 3.05) is 6.54 Å². The van der Waals surface area contributed by atoms with E-state index in [4.69, 9.17) is 0 Å². The van der Waals surface area contributed by atoms with Crippen LogP contribution in [0.5, 0.6) is 0 Å². The summed E-state index contributed by atoms with van der Waals surface area (Å²) in [5, 5.41) is 3.09. The molecule has 0 aromatic carbocycles. The van der Waals surface area contributed by atoms with Crippen LogP contribution in [0.3, 0.4) is 0 Å². The molecule has 2 rings (SSSR count). The van der Waals surface area contributed by atoms with Gasteiger partial charge in [-0.15, -0.1) is 0 Å². The largest absolute Gasteiger partial charge is 0.381 e.